The van der Waals surface area contributed by atoms with Crippen molar-refractivity contribution in [2.45, 2.75) is 51.9 Å². The van der Waals surface area contributed by atoms with Gasteiger partial charge in [0.05, 0.1) is 13.0 Å². The van der Waals surface area contributed by atoms with Crippen molar-refractivity contribution in [2.24, 2.45) is 23.2 Å². The highest BCUT2D eigenvalue weighted by Crippen LogP contribution is 2.61. The van der Waals surface area contributed by atoms with Crippen molar-refractivity contribution in [3.8, 4) is 10.4 Å². The minimum atomic E-state index is -0.476. The molecule has 0 aromatic carbocycles. The molecular formula is C25H29NO5S2. The molecule has 6 rings (SSSR count). The summed E-state index contributed by atoms with van der Waals surface area (Å²) in [4.78, 5) is 38.7. The molecule has 4 aliphatic carbocycles. The highest BCUT2D eigenvalue weighted by molar-refractivity contribution is 7.17. The number of hydrogen-bond acceptors (Lipinski definition) is 7. The van der Waals surface area contributed by atoms with E-state index in [0.717, 1.165) is 47.5 Å². The quantitative estimate of drug-likeness (QED) is 0.480. The summed E-state index contributed by atoms with van der Waals surface area (Å²) in [5, 5.41) is 6.94. The van der Waals surface area contributed by atoms with Crippen LogP contribution in [0.25, 0.3) is 10.4 Å². The van der Waals surface area contributed by atoms with Crippen molar-refractivity contribution >= 4 is 45.5 Å². The Morgan fingerprint density at radius 2 is 1.76 bits per heavy atom. The molecule has 2 aromatic rings. The van der Waals surface area contributed by atoms with Gasteiger partial charge < -0.3 is 14.8 Å². The van der Waals surface area contributed by atoms with Crippen molar-refractivity contribution in [3.63, 3.8) is 0 Å². The average molecular weight is 488 g/mol. The lowest BCUT2D eigenvalue weighted by atomic mass is 9.49. The van der Waals surface area contributed by atoms with E-state index in [4.69, 9.17) is 9.47 Å². The molecule has 2 heterocycles. The molecule has 4 bridgehead atoms. The second-order valence-corrected chi connectivity index (χ2v) is 11.7. The van der Waals surface area contributed by atoms with Gasteiger partial charge in [0.1, 0.15) is 10.6 Å². The third-order valence-electron chi connectivity index (χ3n) is 7.36. The van der Waals surface area contributed by atoms with Crippen LogP contribution in [0.5, 0.6) is 0 Å². The van der Waals surface area contributed by atoms with Crippen molar-refractivity contribution in [3.05, 3.63) is 28.5 Å². The number of carbonyl (C=O) groups excluding carboxylic acids is 3. The minimum absolute atomic E-state index is 0.0861. The van der Waals surface area contributed by atoms with Crippen LogP contribution in [0.1, 0.15) is 62.2 Å². The van der Waals surface area contributed by atoms with Gasteiger partial charge >= 0.3 is 11.9 Å². The molecule has 6 nitrogen and oxygen atoms in total. The van der Waals surface area contributed by atoms with Crippen LogP contribution in [0.15, 0.2) is 22.9 Å². The number of anilines is 1. The number of esters is 2. The molecule has 0 saturated heterocycles. The van der Waals surface area contributed by atoms with E-state index in [2.05, 4.69) is 5.32 Å². The van der Waals surface area contributed by atoms with Gasteiger partial charge in [0.2, 0.25) is 0 Å². The van der Waals surface area contributed by atoms with Gasteiger partial charge in [0.25, 0.3) is 5.91 Å². The monoisotopic (exact) mass is 487 g/mol. The van der Waals surface area contributed by atoms with Crippen LogP contribution in [0.3, 0.4) is 0 Å². The fraction of sp³-hybridized carbons (Fsp3) is 0.560. The van der Waals surface area contributed by atoms with Gasteiger partial charge in [-0.25, -0.2) is 4.79 Å². The van der Waals surface area contributed by atoms with E-state index < -0.39 is 11.9 Å². The van der Waals surface area contributed by atoms with Crippen LogP contribution >= 0.6 is 22.7 Å². The van der Waals surface area contributed by atoms with Gasteiger partial charge in [0, 0.05) is 15.8 Å². The Morgan fingerprint density at radius 1 is 1.06 bits per heavy atom. The first kappa shape index (κ1) is 22.6. The number of carbonyl (C=O) groups is 3. The third-order valence-corrected chi connectivity index (χ3v) is 9.16. The van der Waals surface area contributed by atoms with Gasteiger partial charge in [0.15, 0.2) is 6.61 Å². The Hall–Kier alpha value is -2.19. The number of hydrogen-bond donors (Lipinski definition) is 1. The molecule has 0 atom stereocenters. The molecule has 0 unspecified atom stereocenters. The molecule has 176 valence electrons. The highest BCUT2D eigenvalue weighted by Gasteiger charge is 2.51. The maximum Gasteiger partial charge on any atom is 0.341 e. The summed E-state index contributed by atoms with van der Waals surface area (Å²) in [7, 11) is 0. The number of amides is 1. The van der Waals surface area contributed by atoms with E-state index in [1.54, 1.807) is 6.92 Å². The summed E-state index contributed by atoms with van der Waals surface area (Å²) >= 11 is 2.78. The van der Waals surface area contributed by atoms with E-state index in [9.17, 15) is 14.4 Å². The summed E-state index contributed by atoms with van der Waals surface area (Å²) in [6.07, 6.45) is 7.78. The molecular weight excluding hydrogens is 458 g/mol. The maximum atomic E-state index is 12.6. The maximum absolute atomic E-state index is 12.6. The Bertz CT molecular complexity index is 1010. The second kappa shape index (κ2) is 9.22. The molecule has 4 aliphatic rings. The molecule has 8 heteroatoms. The fourth-order valence-electron chi connectivity index (χ4n) is 6.64. The molecule has 4 saturated carbocycles. The molecule has 1 amide bonds. The number of rotatable bonds is 8. The zero-order chi connectivity index (χ0) is 23.0. The molecule has 0 spiro atoms. The van der Waals surface area contributed by atoms with E-state index >= 15 is 0 Å². The molecule has 0 aliphatic heterocycles. The minimum Gasteiger partial charge on any atom is -0.462 e. The van der Waals surface area contributed by atoms with Crippen molar-refractivity contribution in [2.75, 3.05) is 18.5 Å². The summed E-state index contributed by atoms with van der Waals surface area (Å²) in [6, 6.07) is 3.83. The van der Waals surface area contributed by atoms with Crippen LogP contribution in [0.4, 0.5) is 5.00 Å². The highest BCUT2D eigenvalue weighted by atomic mass is 32.1. The summed E-state index contributed by atoms with van der Waals surface area (Å²) in [5.41, 5.74) is 1.17. The fourth-order valence-corrected chi connectivity index (χ4v) is 8.43. The lowest BCUT2D eigenvalue weighted by Gasteiger charge is -2.56. The topological polar surface area (TPSA) is 81.7 Å². The van der Waals surface area contributed by atoms with Crippen molar-refractivity contribution < 1.29 is 23.9 Å². The van der Waals surface area contributed by atoms with Gasteiger partial charge in [-0.3, -0.25) is 9.59 Å². The van der Waals surface area contributed by atoms with Gasteiger partial charge in [-0.1, -0.05) is 6.07 Å². The molecule has 0 radical (unpaired) electrons. The lowest BCUT2D eigenvalue weighted by Crippen LogP contribution is -2.47. The normalized spacial score (nSPS) is 27.4. The summed E-state index contributed by atoms with van der Waals surface area (Å²) < 4.78 is 10.6. The molecule has 33 heavy (non-hydrogen) atoms. The van der Waals surface area contributed by atoms with Crippen molar-refractivity contribution in [1.29, 1.82) is 0 Å². The lowest BCUT2D eigenvalue weighted by molar-refractivity contribution is -0.154. The van der Waals surface area contributed by atoms with E-state index in [-0.39, 0.29) is 24.6 Å². The van der Waals surface area contributed by atoms with Crippen molar-refractivity contribution in [1.82, 2.24) is 0 Å². The zero-order valence-corrected chi connectivity index (χ0v) is 20.4. The van der Waals surface area contributed by atoms with E-state index in [0.29, 0.717) is 17.0 Å². The number of nitrogens with one attached hydrogen (secondary N) is 1. The summed E-state index contributed by atoms with van der Waals surface area (Å²) in [5.74, 6) is 1.10. The van der Waals surface area contributed by atoms with Gasteiger partial charge in [-0.15, -0.1) is 22.7 Å². The smallest absolute Gasteiger partial charge is 0.341 e. The average Bonchev–Trinajstić information content (AvgIpc) is 3.41. The Morgan fingerprint density at radius 3 is 2.36 bits per heavy atom. The second-order valence-electron chi connectivity index (χ2n) is 9.85. The van der Waals surface area contributed by atoms with E-state index in [1.165, 1.54) is 41.9 Å². The standard InChI is InChI=1S/C25H29NO5S2/c1-2-30-24(29)22-18(19-4-3-5-32-19)14-33-23(22)26-20(27)13-31-21(28)12-25-9-15-6-16(10-25)8-17(7-15)11-25/h3-5,14-17H,2,6-13H2,1H3,(H,26,27). The van der Waals surface area contributed by atoms with Gasteiger partial charge in [-0.2, -0.15) is 0 Å². The van der Waals surface area contributed by atoms with Gasteiger partial charge in [-0.05, 0) is 80.1 Å². The predicted octanol–water partition coefficient (Wildman–Crippen LogP) is 5.74. The Kier molecular flexibility index (Phi) is 6.31. The van der Waals surface area contributed by atoms with Crippen LogP contribution in [-0.2, 0) is 19.1 Å². The first-order valence-electron chi connectivity index (χ1n) is 11.7. The number of ether oxygens (including phenoxy) is 2. The molecule has 1 N–H and O–H groups in total. The SMILES string of the molecule is CCOC(=O)c1c(-c2cccs2)csc1NC(=O)COC(=O)CC12CC3CC(CC(C3)C1)C2. The third kappa shape index (κ3) is 4.73. The van der Waals surface area contributed by atoms with Crippen LogP contribution < -0.4 is 5.32 Å². The predicted molar refractivity (Wildman–Crippen MR) is 128 cm³/mol. The Balaban J connectivity index is 1.20. The molecule has 4 fully saturated rings. The van der Waals surface area contributed by atoms with E-state index in [1.807, 2.05) is 22.9 Å². The Labute approximate surface area is 201 Å². The van der Waals surface area contributed by atoms with Crippen LogP contribution in [-0.4, -0.2) is 31.1 Å². The number of thiophene rings is 2. The first-order chi connectivity index (χ1) is 15.9. The van der Waals surface area contributed by atoms with Crippen LogP contribution in [0, 0.1) is 23.2 Å². The van der Waals surface area contributed by atoms with Crippen LogP contribution in [0.2, 0.25) is 0 Å². The molecule has 2 aromatic heterocycles. The summed E-state index contributed by atoms with van der Waals surface area (Å²) in [6.45, 7) is 1.64. The first-order valence-corrected chi connectivity index (χ1v) is 13.5. The zero-order valence-electron chi connectivity index (χ0n) is 18.8. The largest absolute Gasteiger partial charge is 0.462 e.